The van der Waals surface area contributed by atoms with E-state index < -0.39 is 0 Å². The maximum absolute atomic E-state index is 12.7. The molecule has 1 aliphatic heterocycles. The molecule has 0 aliphatic carbocycles. The van der Waals surface area contributed by atoms with E-state index in [1.54, 1.807) is 0 Å². The monoisotopic (exact) mass is 295 g/mol. The van der Waals surface area contributed by atoms with Gasteiger partial charge in [-0.1, -0.05) is 60.7 Å². The van der Waals surface area contributed by atoms with Gasteiger partial charge in [0, 0.05) is 13.2 Å². The van der Waals surface area contributed by atoms with Crippen molar-refractivity contribution in [2.45, 2.75) is 24.9 Å². The molecule has 3 rings (SSSR count). The van der Waals surface area contributed by atoms with Crippen molar-refractivity contribution >= 4 is 5.91 Å². The first-order valence-electron chi connectivity index (χ1n) is 7.84. The van der Waals surface area contributed by atoms with Gasteiger partial charge in [-0.3, -0.25) is 4.79 Å². The second-order valence-corrected chi connectivity index (χ2v) is 5.63. The summed E-state index contributed by atoms with van der Waals surface area (Å²) in [6, 6.07) is 19.8. The second-order valence-electron chi connectivity index (χ2n) is 5.63. The summed E-state index contributed by atoms with van der Waals surface area (Å²) < 4.78 is 5.58. The highest BCUT2D eigenvalue weighted by Crippen LogP contribution is 2.24. The van der Waals surface area contributed by atoms with Gasteiger partial charge in [0.15, 0.2) is 0 Å². The van der Waals surface area contributed by atoms with Gasteiger partial charge in [0.2, 0.25) is 5.91 Å². The minimum atomic E-state index is -0.274. The van der Waals surface area contributed by atoms with Crippen LogP contribution in [0.5, 0.6) is 0 Å². The first-order valence-corrected chi connectivity index (χ1v) is 7.84. The summed E-state index contributed by atoms with van der Waals surface area (Å²) in [7, 11) is 0. The quantitative estimate of drug-likeness (QED) is 0.920. The predicted octanol–water partition coefficient (Wildman–Crippen LogP) is 3.11. The average Bonchev–Trinajstić information content (AvgIpc) is 3.09. The van der Waals surface area contributed by atoms with E-state index in [2.05, 4.69) is 5.32 Å². The van der Waals surface area contributed by atoms with Crippen molar-refractivity contribution in [2.24, 2.45) is 0 Å². The van der Waals surface area contributed by atoms with Crippen molar-refractivity contribution in [1.29, 1.82) is 0 Å². The molecule has 22 heavy (non-hydrogen) atoms. The maximum Gasteiger partial charge on any atom is 0.232 e. The van der Waals surface area contributed by atoms with Crippen LogP contribution in [0.15, 0.2) is 60.7 Å². The Hall–Kier alpha value is -2.13. The Labute approximate surface area is 131 Å². The zero-order valence-electron chi connectivity index (χ0n) is 12.6. The van der Waals surface area contributed by atoms with E-state index in [0.717, 1.165) is 30.6 Å². The van der Waals surface area contributed by atoms with Crippen LogP contribution < -0.4 is 5.32 Å². The Morgan fingerprint density at radius 2 is 1.64 bits per heavy atom. The molecule has 0 aromatic heterocycles. The van der Waals surface area contributed by atoms with Crippen LogP contribution >= 0.6 is 0 Å². The lowest BCUT2D eigenvalue weighted by Gasteiger charge is -2.19. The number of nitrogens with one attached hydrogen (secondary N) is 1. The van der Waals surface area contributed by atoms with Crippen LogP contribution in [0, 0.1) is 0 Å². The molecule has 1 atom stereocenters. The molecule has 1 amide bonds. The lowest BCUT2D eigenvalue weighted by atomic mass is 9.90. The molecular weight excluding hydrogens is 274 g/mol. The molecule has 2 aromatic carbocycles. The van der Waals surface area contributed by atoms with Crippen LogP contribution in [0.3, 0.4) is 0 Å². The summed E-state index contributed by atoms with van der Waals surface area (Å²) in [6.45, 7) is 1.40. The van der Waals surface area contributed by atoms with Crippen LogP contribution in [0.25, 0.3) is 0 Å². The van der Waals surface area contributed by atoms with Gasteiger partial charge in [-0.25, -0.2) is 0 Å². The molecule has 0 spiro atoms. The molecule has 1 heterocycles. The number of rotatable bonds is 5. The summed E-state index contributed by atoms with van der Waals surface area (Å²) in [6.07, 6.45) is 2.28. The summed E-state index contributed by atoms with van der Waals surface area (Å²) in [5.41, 5.74) is 2.03. The molecule has 1 saturated heterocycles. The summed E-state index contributed by atoms with van der Waals surface area (Å²) in [5, 5.41) is 3.06. The van der Waals surface area contributed by atoms with Gasteiger partial charge in [-0.05, 0) is 24.0 Å². The van der Waals surface area contributed by atoms with Gasteiger partial charge in [0.1, 0.15) is 0 Å². The highest BCUT2D eigenvalue weighted by atomic mass is 16.5. The van der Waals surface area contributed by atoms with Gasteiger partial charge in [0.05, 0.1) is 12.0 Å². The summed E-state index contributed by atoms with van der Waals surface area (Å²) >= 11 is 0. The number of hydrogen-bond acceptors (Lipinski definition) is 2. The molecule has 0 radical (unpaired) electrons. The molecule has 0 saturated carbocycles. The largest absolute Gasteiger partial charge is 0.376 e. The van der Waals surface area contributed by atoms with E-state index in [1.807, 2.05) is 60.7 Å². The number of carbonyl (C=O) groups excluding carboxylic acids is 1. The molecule has 2 aromatic rings. The van der Waals surface area contributed by atoms with Crippen molar-refractivity contribution in [1.82, 2.24) is 5.32 Å². The van der Waals surface area contributed by atoms with E-state index in [-0.39, 0.29) is 17.9 Å². The second kappa shape index (κ2) is 7.23. The molecule has 0 unspecified atom stereocenters. The Bertz CT molecular complexity index is 552. The van der Waals surface area contributed by atoms with E-state index in [1.165, 1.54) is 0 Å². The first-order chi connectivity index (χ1) is 10.8. The molecule has 114 valence electrons. The molecule has 1 fully saturated rings. The van der Waals surface area contributed by atoms with E-state index >= 15 is 0 Å². The lowest BCUT2D eigenvalue weighted by molar-refractivity contribution is -0.122. The van der Waals surface area contributed by atoms with Crippen LogP contribution in [0.1, 0.15) is 29.9 Å². The zero-order chi connectivity index (χ0) is 15.2. The van der Waals surface area contributed by atoms with Crippen molar-refractivity contribution in [3.63, 3.8) is 0 Å². The van der Waals surface area contributed by atoms with Crippen molar-refractivity contribution < 1.29 is 9.53 Å². The number of benzene rings is 2. The predicted molar refractivity (Wildman–Crippen MR) is 86.7 cm³/mol. The summed E-state index contributed by atoms with van der Waals surface area (Å²) in [5.74, 6) is -0.239. The Morgan fingerprint density at radius 3 is 2.14 bits per heavy atom. The van der Waals surface area contributed by atoms with Crippen molar-refractivity contribution in [3.05, 3.63) is 71.8 Å². The van der Waals surface area contributed by atoms with Crippen LogP contribution in [0.2, 0.25) is 0 Å². The zero-order valence-corrected chi connectivity index (χ0v) is 12.6. The first kappa shape index (κ1) is 14.8. The Kier molecular flexibility index (Phi) is 4.86. The van der Waals surface area contributed by atoms with Crippen molar-refractivity contribution in [2.75, 3.05) is 13.2 Å². The Morgan fingerprint density at radius 1 is 1.05 bits per heavy atom. The topological polar surface area (TPSA) is 38.3 Å². The third-order valence-corrected chi connectivity index (χ3v) is 4.06. The molecule has 0 bridgehead atoms. The molecule has 1 aliphatic rings. The number of ether oxygens (including phenoxy) is 1. The molecule has 3 heteroatoms. The van der Waals surface area contributed by atoms with Gasteiger partial charge >= 0.3 is 0 Å². The number of carbonyl (C=O) groups is 1. The van der Waals surface area contributed by atoms with Crippen LogP contribution in [0.4, 0.5) is 0 Å². The average molecular weight is 295 g/mol. The number of amides is 1. The number of hydrogen-bond donors (Lipinski definition) is 1. The minimum absolute atomic E-state index is 0.0351. The van der Waals surface area contributed by atoms with Crippen LogP contribution in [-0.4, -0.2) is 25.2 Å². The molecular formula is C19H21NO2. The fourth-order valence-electron chi connectivity index (χ4n) is 2.91. The third kappa shape index (κ3) is 3.55. The lowest BCUT2D eigenvalue weighted by Crippen LogP contribution is -2.35. The Balaban J connectivity index is 1.77. The van der Waals surface area contributed by atoms with Gasteiger partial charge < -0.3 is 10.1 Å². The van der Waals surface area contributed by atoms with Crippen LogP contribution in [-0.2, 0) is 9.53 Å². The van der Waals surface area contributed by atoms with Gasteiger partial charge in [0.25, 0.3) is 0 Å². The van der Waals surface area contributed by atoms with Crippen molar-refractivity contribution in [3.8, 4) is 0 Å². The van der Waals surface area contributed by atoms with E-state index in [0.29, 0.717) is 6.54 Å². The fourth-order valence-corrected chi connectivity index (χ4v) is 2.91. The van der Waals surface area contributed by atoms with Gasteiger partial charge in [-0.15, -0.1) is 0 Å². The molecule has 3 nitrogen and oxygen atoms in total. The fraction of sp³-hybridized carbons (Fsp3) is 0.316. The normalized spacial score (nSPS) is 17.6. The molecule has 1 N–H and O–H groups in total. The minimum Gasteiger partial charge on any atom is -0.376 e. The maximum atomic E-state index is 12.7. The highest BCUT2D eigenvalue weighted by Gasteiger charge is 2.24. The van der Waals surface area contributed by atoms with Gasteiger partial charge in [-0.2, -0.15) is 0 Å². The third-order valence-electron chi connectivity index (χ3n) is 4.06. The summed E-state index contributed by atoms with van der Waals surface area (Å²) in [4.78, 5) is 12.7. The van der Waals surface area contributed by atoms with E-state index in [4.69, 9.17) is 4.74 Å². The van der Waals surface area contributed by atoms with E-state index in [9.17, 15) is 4.79 Å². The smallest absolute Gasteiger partial charge is 0.232 e. The highest BCUT2D eigenvalue weighted by molar-refractivity contribution is 5.87. The SMILES string of the molecule is O=C(NC[C@H]1CCCO1)C(c1ccccc1)c1ccccc1. The standard InChI is InChI=1S/C19H21NO2/c21-19(20-14-17-12-7-13-22-17)18(15-8-3-1-4-9-15)16-10-5-2-6-11-16/h1-6,8-11,17-18H,7,12-14H2,(H,20,21)/t17-/m1/s1.